The summed E-state index contributed by atoms with van der Waals surface area (Å²) in [7, 11) is 1.47. The summed E-state index contributed by atoms with van der Waals surface area (Å²) in [5.41, 5.74) is 0.0270. The first-order valence-electron chi connectivity index (χ1n) is 15.2. The molecule has 5 fully saturated rings. The zero-order valence-corrected chi connectivity index (χ0v) is 23.9. The Kier molecular flexibility index (Phi) is 7.42. The number of aliphatic hydroxyl groups excluding tert-OH is 3. The van der Waals surface area contributed by atoms with E-state index in [1.165, 1.54) is 12.2 Å². The molecule has 6 aliphatic rings. The average Bonchev–Trinajstić information content (AvgIpc) is 3.48. The molecule has 226 valence electrons. The second-order valence-electron chi connectivity index (χ2n) is 13.9. The van der Waals surface area contributed by atoms with Crippen molar-refractivity contribution in [1.82, 2.24) is 5.06 Å². The standard InChI is InChI=1S/C30H46FNO8/c1-28-9-6-18(32(38-3)27-24(31)26(36)25(35)22(14-33)40-27)13-17(28)4-5-21-20(28)7-10-29(2)19(8-11-30(21,29)37)16-12-23(34)39-15-16/h12,17-22,24-27,33,35-37H,4-11,13-15H2,1-3H3/t17?,18-,19-,20?,21?,22-,24-,25-,26-,27?,28+,29-,30+/m1/s1. The van der Waals surface area contributed by atoms with Crippen molar-refractivity contribution in [2.24, 2.45) is 34.5 Å². The topological polar surface area (TPSA) is 129 Å². The highest BCUT2D eigenvalue weighted by Crippen LogP contribution is 2.70. The molecule has 9 nitrogen and oxygen atoms in total. The van der Waals surface area contributed by atoms with E-state index in [9.17, 15) is 25.2 Å². The Balaban J connectivity index is 1.19. The largest absolute Gasteiger partial charge is 0.458 e. The van der Waals surface area contributed by atoms with Gasteiger partial charge < -0.3 is 29.9 Å². The van der Waals surface area contributed by atoms with Gasteiger partial charge in [-0.25, -0.2) is 9.18 Å². The molecule has 2 aliphatic heterocycles. The van der Waals surface area contributed by atoms with Gasteiger partial charge in [0, 0.05) is 17.5 Å². The summed E-state index contributed by atoms with van der Waals surface area (Å²) in [6.07, 6.45) is 2.20. The highest BCUT2D eigenvalue weighted by molar-refractivity contribution is 5.85. The van der Waals surface area contributed by atoms with Gasteiger partial charge in [-0.3, -0.25) is 4.84 Å². The average molecular weight is 568 g/mol. The molecule has 1 saturated heterocycles. The van der Waals surface area contributed by atoms with E-state index < -0.39 is 42.9 Å². The van der Waals surface area contributed by atoms with Crippen LogP contribution in [0.25, 0.3) is 0 Å². The molecule has 0 spiro atoms. The molecular formula is C30H46FNO8. The second-order valence-corrected chi connectivity index (χ2v) is 13.9. The number of hydrogen-bond donors (Lipinski definition) is 4. The van der Waals surface area contributed by atoms with Gasteiger partial charge in [0.2, 0.25) is 0 Å². The van der Waals surface area contributed by atoms with Gasteiger partial charge in [0.1, 0.15) is 24.9 Å². The lowest BCUT2D eigenvalue weighted by molar-refractivity contribution is -0.335. The fourth-order valence-corrected chi connectivity index (χ4v) is 10.3. The lowest BCUT2D eigenvalue weighted by Gasteiger charge is -2.64. The maximum Gasteiger partial charge on any atom is 0.331 e. The minimum absolute atomic E-state index is 0.0333. The van der Waals surface area contributed by atoms with Crippen LogP contribution in [-0.4, -0.2) is 94.1 Å². The predicted molar refractivity (Wildman–Crippen MR) is 141 cm³/mol. The van der Waals surface area contributed by atoms with E-state index in [-0.39, 0.29) is 34.7 Å². The number of hydrogen-bond acceptors (Lipinski definition) is 9. The number of esters is 1. The Labute approximate surface area is 235 Å². The van der Waals surface area contributed by atoms with Crippen LogP contribution < -0.4 is 0 Å². The summed E-state index contributed by atoms with van der Waals surface area (Å²) < 4.78 is 26.2. The normalized spacial score (nSPS) is 52.5. The van der Waals surface area contributed by atoms with Gasteiger partial charge in [0.15, 0.2) is 12.4 Å². The van der Waals surface area contributed by atoms with Crippen LogP contribution >= 0.6 is 0 Å². The molecule has 13 atom stereocenters. The number of carbonyl (C=O) groups is 1. The van der Waals surface area contributed by atoms with Crippen molar-refractivity contribution >= 4 is 5.97 Å². The van der Waals surface area contributed by atoms with Crippen molar-refractivity contribution in [3.05, 3.63) is 11.6 Å². The molecule has 0 bridgehead atoms. The first-order chi connectivity index (χ1) is 19.0. The summed E-state index contributed by atoms with van der Waals surface area (Å²) in [6, 6.07) is -0.135. The molecule has 6 rings (SSSR count). The summed E-state index contributed by atoms with van der Waals surface area (Å²) in [5, 5.41) is 43.9. The number of nitrogens with zero attached hydrogens (tertiary/aromatic N) is 1. The van der Waals surface area contributed by atoms with Crippen molar-refractivity contribution < 1.29 is 43.9 Å². The summed E-state index contributed by atoms with van der Waals surface area (Å²) >= 11 is 0. The van der Waals surface area contributed by atoms with Crippen LogP contribution in [0.1, 0.15) is 71.6 Å². The first-order valence-corrected chi connectivity index (χ1v) is 15.2. The van der Waals surface area contributed by atoms with E-state index in [1.807, 2.05) is 0 Å². The van der Waals surface area contributed by atoms with Gasteiger partial charge in [-0.15, -0.1) is 0 Å². The van der Waals surface area contributed by atoms with Gasteiger partial charge in [0.25, 0.3) is 0 Å². The summed E-state index contributed by atoms with van der Waals surface area (Å²) in [4.78, 5) is 17.5. The smallest absolute Gasteiger partial charge is 0.331 e. The van der Waals surface area contributed by atoms with Crippen LogP contribution in [0.2, 0.25) is 0 Å². The molecule has 0 aromatic carbocycles. The fourth-order valence-electron chi connectivity index (χ4n) is 10.3. The Morgan fingerprint density at radius 2 is 1.85 bits per heavy atom. The minimum Gasteiger partial charge on any atom is -0.458 e. The van der Waals surface area contributed by atoms with Gasteiger partial charge in [-0.1, -0.05) is 13.8 Å². The maximum atomic E-state index is 15.2. The number of ether oxygens (including phenoxy) is 2. The second kappa shape index (κ2) is 10.2. The van der Waals surface area contributed by atoms with Gasteiger partial charge >= 0.3 is 5.97 Å². The number of rotatable bonds is 5. The third-order valence-electron chi connectivity index (χ3n) is 12.6. The molecule has 4 unspecified atom stereocenters. The van der Waals surface area contributed by atoms with Crippen molar-refractivity contribution in [1.29, 1.82) is 0 Å². The maximum absolute atomic E-state index is 15.2. The number of halogens is 1. The van der Waals surface area contributed by atoms with Crippen LogP contribution in [0, 0.1) is 34.5 Å². The van der Waals surface area contributed by atoms with E-state index in [2.05, 4.69) is 13.8 Å². The Bertz CT molecular complexity index is 1030. The van der Waals surface area contributed by atoms with Crippen LogP contribution in [0.3, 0.4) is 0 Å². The lowest BCUT2D eigenvalue weighted by Crippen LogP contribution is -2.65. The molecule has 4 saturated carbocycles. The highest BCUT2D eigenvalue weighted by Gasteiger charge is 2.68. The van der Waals surface area contributed by atoms with E-state index in [1.54, 1.807) is 6.08 Å². The number of aliphatic hydroxyl groups is 4. The van der Waals surface area contributed by atoms with Crippen molar-refractivity contribution in [2.45, 2.75) is 114 Å². The highest BCUT2D eigenvalue weighted by atomic mass is 19.1. The fraction of sp³-hybridized carbons (Fsp3) is 0.900. The van der Waals surface area contributed by atoms with Crippen molar-refractivity contribution in [2.75, 3.05) is 20.3 Å². The molecule has 0 aromatic rings. The molecule has 0 radical (unpaired) electrons. The van der Waals surface area contributed by atoms with E-state index >= 15 is 4.39 Å². The van der Waals surface area contributed by atoms with Gasteiger partial charge in [-0.05, 0) is 92.4 Å². The molecular weight excluding hydrogens is 521 g/mol. The lowest BCUT2D eigenvalue weighted by atomic mass is 9.43. The molecule has 2 heterocycles. The predicted octanol–water partition coefficient (Wildman–Crippen LogP) is 2.25. The molecule has 4 N–H and O–H groups in total. The number of alkyl halides is 1. The van der Waals surface area contributed by atoms with E-state index in [4.69, 9.17) is 14.3 Å². The third kappa shape index (κ3) is 4.07. The zero-order chi connectivity index (χ0) is 28.6. The quantitative estimate of drug-likeness (QED) is 0.292. The molecule has 10 heteroatoms. The van der Waals surface area contributed by atoms with Gasteiger partial charge in [0.05, 0.1) is 19.3 Å². The van der Waals surface area contributed by atoms with Crippen LogP contribution in [-0.2, 0) is 19.1 Å². The van der Waals surface area contributed by atoms with E-state index in [0.29, 0.717) is 18.4 Å². The first kappa shape index (κ1) is 29.0. The van der Waals surface area contributed by atoms with Crippen molar-refractivity contribution in [3.63, 3.8) is 0 Å². The monoisotopic (exact) mass is 567 g/mol. The van der Waals surface area contributed by atoms with E-state index in [0.717, 1.165) is 63.4 Å². The molecule has 4 aliphatic carbocycles. The molecule has 40 heavy (non-hydrogen) atoms. The summed E-state index contributed by atoms with van der Waals surface area (Å²) in [5.74, 6) is 0.843. The number of cyclic esters (lactones) is 1. The number of hydroxylamine groups is 2. The Hall–Kier alpha value is -1.14. The Morgan fingerprint density at radius 1 is 1.07 bits per heavy atom. The summed E-state index contributed by atoms with van der Waals surface area (Å²) in [6.45, 7) is 4.43. The van der Waals surface area contributed by atoms with Gasteiger partial charge in [-0.2, -0.15) is 5.06 Å². The van der Waals surface area contributed by atoms with Crippen LogP contribution in [0.5, 0.6) is 0 Å². The SMILES string of the molecule is CON(C1O[C@H](CO)[C@@H](O)[C@H](O)[C@H]1F)[C@@H]1CC[C@@]2(C)C(CCC3C2CC[C@]2(C)[C@@H](C4=CC(=O)OC4)CC[C@]32O)C1. The third-order valence-corrected chi connectivity index (χ3v) is 12.6. The van der Waals surface area contributed by atoms with Crippen LogP contribution in [0.4, 0.5) is 4.39 Å². The van der Waals surface area contributed by atoms with Crippen molar-refractivity contribution in [3.8, 4) is 0 Å². The number of fused-ring (bicyclic) bond motifs is 5. The zero-order valence-electron chi connectivity index (χ0n) is 23.9. The Morgan fingerprint density at radius 3 is 2.52 bits per heavy atom. The minimum atomic E-state index is -1.88. The molecule has 0 aromatic heterocycles. The number of carbonyl (C=O) groups excluding carboxylic acids is 1. The molecule has 0 amide bonds. The van der Waals surface area contributed by atoms with Crippen LogP contribution in [0.15, 0.2) is 11.6 Å².